The first-order chi connectivity index (χ1) is 16.3. The number of rotatable bonds is 11. The Morgan fingerprint density at radius 3 is 2.44 bits per heavy atom. The van der Waals surface area contributed by atoms with Crippen LogP contribution >= 0.6 is 0 Å². The van der Waals surface area contributed by atoms with Crippen LogP contribution in [0.25, 0.3) is 10.9 Å². The maximum Gasteiger partial charge on any atom is 0.303 e. The number of phenols is 1. The molecule has 0 radical (unpaired) electrons. The van der Waals surface area contributed by atoms with E-state index in [-0.39, 0.29) is 30.9 Å². The Morgan fingerprint density at radius 1 is 1.03 bits per heavy atom. The summed E-state index contributed by atoms with van der Waals surface area (Å²) < 4.78 is 16.1. The van der Waals surface area contributed by atoms with Gasteiger partial charge in [-0.05, 0) is 48.7 Å². The lowest BCUT2D eigenvalue weighted by molar-refractivity contribution is -0.137. The molecule has 4 N–H and O–H groups in total. The van der Waals surface area contributed by atoms with Crippen molar-refractivity contribution in [1.29, 1.82) is 0 Å². The van der Waals surface area contributed by atoms with Gasteiger partial charge in [-0.3, -0.25) is 14.4 Å². The maximum absolute atomic E-state index is 12.7. The Kier molecular flexibility index (Phi) is 7.96. The minimum Gasteiger partial charge on any atom is -0.504 e. The molecule has 180 valence electrons. The first kappa shape index (κ1) is 24.4. The Morgan fingerprint density at radius 2 is 1.76 bits per heavy atom. The maximum atomic E-state index is 12.7. The van der Waals surface area contributed by atoms with Crippen molar-refractivity contribution in [2.45, 2.75) is 25.8 Å². The molecule has 3 aromatic rings. The van der Waals surface area contributed by atoms with Gasteiger partial charge < -0.3 is 34.7 Å². The number of amides is 1. The van der Waals surface area contributed by atoms with Crippen LogP contribution in [0.5, 0.6) is 23.0 Å². The number of hydrogen-bond acceptors (Lipinski definition) is 7. The third-order valence-electron chi connectivity index (χ3n) is 5.13. The predicted octanol–water partition coefficient (Wildman–Crippen LogP) is 2.81. The summed E-state index contributed by atoms with van der Waals surface area (Å²) in [6, 6.07) is 9.56. The molecule has 10 nitrogen and oxygen atoms in total. The number of H-pyrrole nitrogens is 1. The van der Waals surface area contributed by atoms with Gasteiger partial charge in [-0.1, -0.05) is 6.07 Å². The number of carbonyl (C=O) groups is 2. The highest BCUT2D eigenvalue weighted by molar-refractivity contribution is 5.98. The second kappa shape index (κ2) is 11.1. The molecule has 0 saturated carbocycles. The van der Waals surface area contributed by atoms with Gasteiger partial charge in [0.1, 0.15) is 5.56 Å². The average Bonchev–Trinajstić information content (AvgIpc) is 2.81. The largest absolute Gasteiger partial charge is 0.504 e. The molecule has 0 unspecified atom stereocenters. The van der Waals surface area contributed by atoms with Crippen molar-refractivity contribution in [1.82, 2.24) is 10.3 Å². The van der Waals surface area contributed by atoms with Crippen molar-refractivity contribution in [3.05, 3.63) is 57.9 Å². The molecule has 0 saturated heterocycles. The first-order valence-electron chi connectivity index (χ1n) is 10.6. The monoisotopic (exact) mass is 470 g/mol. The van der Waals surface area contributed by atoms with Gasteiger partial charge >= 0.3 is 5.97 Å². The highest BCUT2D eigenvalue weighted by Gasteiger charge is 2.17. The fraction of sp³-hybridized carbons (Fsp3) is 0.292. The van der Waals surface area contributed by atoms with Crippen molar-refractivity contribution in [3.63, 3.8) is 0 Å². The number of nitrogens with one attached hydrogen (secondary N) is 2. The van der Waals surface area contributed by atoms with Crippen LogP contribution in [0.1, 0.15) is 35.2 Å². The number of hydrogen-bond donors (Lipinski definition) is 4. The minimum atomic E-state index is -0.873. The summed E-state index contributed by atoms with van der Waals surface area (Å²) >= 11 is 0. The zero-order valence-corrected chi connectivity index (χ0v) is 18.8. The molecule has 10 heteroatoms. The standard InChI is InChI=1S/C24H26N2O8/c1-32-18-8-6-14(11-17(18)27)13-25-23(30)16-12-15-7-9-19(33-2)22(21(15)26-24(16)31)34-10-4-3-5-20(28)29/h6-9,11-12,27H,3-5,10,13H2,1-2H3,(H,25,30)(H,26,31)(H,28,29). The fourth-order valence-electron chi connectivity index (χ4n) is 3.38. The van der Waals surface area contributed by atoms with Gasteiger partial charge in [0.2, 0.25) is 0 Å². The molecule has 1 amide bonds. The van der Waals surface area contributed by atoms with E-state index in [1.807, 2.05) is 0 Å². The topological polar surface area (TPSA) is 147 Å². The molecule has 0 bridgehead atoms. The van der Waals surface area contributed by atoms with Gasteiger partial charge in [-0.15, -0.1) is 0 Å². The van der Waals surface area contributed by atoms with Crippen molar-refractivity contribution in [2.75, 3.05) is 20.8 Å². The molecule has 0 atom stereocenters. The Balaban J connectivity index is 1.78. The summed E-state index contributed by atoms with van der Waals surface area (Å²) in [6.07, 6.45) is 1.01. The molecule has 0 aliphatic carbocycles. The number of carboxylic acids is 1. The van der Waals surface area contributed by atoms with E-state index in [2.05, 4.69) is 10.3 Å². The van der Waals surface area contributed by atoms with E-state index in [0.717, 1.165) is 0 Å². The summed E-state index contributed by atoms with van der Waals surface area (Å²) in [7, 11) is 2.91. The van der Waals surface area contributed by atoms with Gasteiger partial charge in [0.25, 0.3) is 11.5 Å². The number of fused-ring (bicyclic) bond motifs is 1. The lowest BCUT2D eigenvalue weighted by Crippen LogP contribution is -2.29. The number of aliphatic carboxylic acids is 1. The summed E-state index contributed by atoms with van der Waals surface area (Å²) in [6.45, 7) is 0.336. The van der Waals surface area contributed by atoms with E-state index in [9.17, 15) is 19.5 Å². The number of benzene rings is 2. The van der Waals surface area contributed by atoms with Crippen LogP contribution in [-0.2, 0) is 11.3 Å². The molecule has 34 heavy (non-hydrogen) atoms. The highest BCUT2D eigenvalue weighted by atomic mass is 16.5. The zero-order valence-electron chi connectivity index (χ0n) is 18.8. The van der Waals surface area contributed by atoms with E-state index in [0.29, 0.717) is 46.6 Å². The van der Waals surface area contributed by atoms with E-state index < -0.39 is 17.4 Å². The van der Waals surface area contributed by atoms with E-state index in [4.69, 9.17) is 19.3 Å². The molecular weight excluding hydrogens is 444 g/mol. The van der Waals surface area contributed by atoms with Gasteiger partial charge in [-0.25, -0.2) is 0 Å². The number of methoxy groups -OCH3 is 2. The number of ether oxygens (including phenoxy) is 3. The summed E-state index contributed by atoms with van der Waals surface area (Å²) in [5, 5.41) is 21.8. The van der Waals surface area contributed by atoms with Gasteiger partial charge in [0.05, 0.1) is 26.3 Å². The third-order valence-corrected chi connectivity index (χ3v) is 5.13. The average molecular weight is 470 g/mol. The molecule has 0 aliphatic rings. The van der Waals surface area contributed by atoms with E-state index >= 15 is 0 Å². The lowest BCUT2D eigenvalue weighted by Gasteiger charge is -2.14. The number of aromatic nitrogens is 1. The zero-order chi connectivity index (χ0) is 24.7. The van der Waals surface area contributed by atoms with Crippen LogP contribution in [0.4, 0.5) is 0 Å². The van der Waals surface area contributed by atoms with Crippen LogP contribution in [0.2, 0.25) is 0 Å². The number of phenolic OH excluding ortho intramolecular Hbond substituents is 1. The second-order valence-corrected chi connectivity index (χ2v) is 7.46. The Labute approximate surface area is 195 Å². The SMILES string of the molecule is COc1ccc(CNC(=O)c2cc3ccc(OC)c(OCCCCC(=O)O)c3[nH]c2=O)cc1O. The van der Waals surface area contributed by atoms with Crippen LogP contribution < -0.4 is 25.1 Å². The molecule has 0 spiro atoms. The van der Waals surface area contributed by atoms with Crippen LogP contribution in [-0.4, -0.2) is 47.9 Å². The predicted molar refractivity (Wildman–Crippen MR) is 124 cm³/mol. The summed E-state index contributed by atoms with van der Waals surface area (Å²) in [4.78, 5) is 38.7. The quantitative estimate of drug-likeness (QED) is 0.313. The minimum absolute atomic E-state index is 0.0431. The van der Waals surface area contributed by atoms with Gasteiger partial charge in [0.15, 0.2) is 23.0 Å². The Bertz CT molecular complexity index is 1250. The molecule has 1 aromatic heterocycles. The molecule has 0 fully saturated rings. The summed E-state index contributed by atoms with van der Waals surface area (Å²) in [5.74, 6) is -0.475. The van der Waals surface area contributed by atoms with Crippen molar-refractivity contribution >= 4 is 22.8 Å². The number of unbranched alkanes of at least 4 members (excludes halogenated alkanes) is 1. The van der Waals surface area contributed by atoms with E-state index in [1.54, 1.807) is 24.3 Å². The van der Waals surface area contributed by atoms with Gasteiger partial charge in [0, 0.05) is 18.4 Å². The van der Waals surface area contributed by atoms with Crippen molar-refractivity contribution in [2.24, 2.45) is 0 Å². The number of carbonyl (C=O) groups excluding carboxylic acids is 1. The highest BCUT2D eigenvalue weighted by Crippen LogP contribution is 2.34. The van der Waals surface area contributed by atoms with Crippen molar-refractivity contribution in [3.8, 4) is 23.0 Å². The molecule has 1 heterocycles. The van der Waals surface area contributed by atoms with Crippen LogP contribution in [0, 0.1) is 0 Å². The molecule has 0 aliphatic heterocycles. The second-order valence-electron chi connectivity index (χ2n) is 7.46. The number of carboxylic acid groups (broad SMARTS) is 1. The summed E-state index contributed by atoms with van der Waals surface area (Å²) in [5.41, 5.74) is 0.320. The normalized spacial score (nSPS) is 10.6. The number of aromatic amines is 1. The lowest BCUT2D eigenvalue weighted by atomic mass is 10.1. The van der Waals surface area contributed by atoms with Crippen molar-refractivity contribution < 1.29 is 34.0 Å². The van der Waals surface area contributed by atoms with Crippen LogP contribution in [0.3, 0.4) is 0 Å². The fourth-order valence-corrected chi connectivity index (χ4v) is 3.38. The Hall–Kier alpha value is -4.21. The molecule has 3 rings (SSSR count). The van der Waals surface area contributed by atoms with Gasteiger partial charge in [-0.2, -0.15) is 0 Å². The first-order valence-corrected chi connectivity index (χ1v) is 10.6. The third kappa shape index (κ3) is 5.77. The smallest absolute Gasteiger partial charge is 0.303 e. The number of aromatic hydroxyl groups is 1. The van der Waals surface area contributed by atoms with E-state index in [1.165, 1.54) is 26.4 Å². The molecular formula is C24H26N2O8. The molecule has 2 aromatic carbocycles. The van der Waals surface area contributed by atoms with Crippen LogP contribution in [0.15, 0.2) is 41.2 Å². The number of pyridine rings is 1.